The number of amides is 2. The Labute approximate surface area is 164 Å². The summed E-state index contributed by atoms with van der Waals surface area (Å²) in [6.45, 7) is 1.21. The SMILES string of the molecule is O=C(N[C@H]1CC(=O)N(CCc2ccccc2)C1)C1=Cc2ccccc2OC=C1. The molecule has 2 aliphatic heterocycles. The van der Waals surface area contributed by atoms with Crippen molar-refractivity contribution in [3.05, 3.63) is 83.6 Å². The van der Waals surface area contributed by atoms with Gasteiger partial charge >= 0.3 is 0 Å². The van der Waals surface area contributed by atoms with E-state index < -0.39 is 0 Å². The summed E-state index contributed by atoms with van der Waals surface area (Å²) in [5.41, 5.74) is 2.57. The molecule has 1 atom stereocenters. The van der Waals surface area contributed by atoms with Gasteiger partial charge in [0.15, 0.2) is 0 Å². The van der Waals surface area contributed by atoms with E-state index in [1.807, 2.05) is 47.4 Å². The average molecular weight is 374 g/mol. The van der Waals surface area contributed by atoms with Crippen LogP contribution < -0.4 is 10.1 Å². The van der Waals surface area contributed by atoms with Crippen LogP contribution in [0.4, 0.5) is 0 Å². The van der Waals surface area contributed by atoms with E-state index in [4.69, 9.17) is 4.74 Å². The second-order valence-electron chi connectivity index (χ2n) is 7.01. The highest BCUT2D eigenvalue weighted by molar-refractivity contribution is 6.01. The van der Waals surface area contributed by atoms with Crippen LogP contribution in [0.2, 0.25) is 0 Å². The summed E-state index contributed by atoms with van der Waals surface area (Å²) in [4.78, 5) is 26.8. The first-order valence-electron chi connectivity index (χ1n) is 9.45. The van der Waals surface area contributed by atoms with Gasteiger partial charge in [0.05, 0.1) is 12.3 Å². The third-order valence-corrected chi connectivity index (χ3v) is 5.00. The number of hydrogen-bond donors (Lipinski definition) is 1. The Morgan fingerprint density at radius 2 is 1.89 bits per heavy atom. The van der Waals surface area contributed by atoms with Crippen molar-refractivity contribution in [3.8, 4) is 5.75 Å². The zero-order valence-corrected chi connectivity index (χ0v) is 15.5. The first-order chi connectivity index (χ1) is 13.7. The van der Waals surface area contributed by atoms with Gasteiger partial charge < -0.3 is 15.0 Å². The lowest BCUT2D eigenvalue weighted by Crippen LogP contribution is -2.38. The van der Waals surface area contributed by atoms with Gasteiger partial charge in [-0.05, 0) is 30.2 Å². The minimum atomic E-state index is -0.195. The normalized spacial score (nSPS) is 18.1. The van der Waals surface area contributed by atoms with E-state index >= 15 is 0 Å². The molecule has 2 amide bonds. The highest BCUT2D eigenvalue weighted by Crippen LogP contribution is 2.24. The summed E-state index contributed by atoms with van der Waals surface area (Å²) < 4.78 is 5.53. The Hall–Kier alpha value is -3.34. The van der Waals surface area contributed by atoms with Crippen LogP contribution in [0.25, 0.3) is 6.08 Å². The number of ether oxygens (including phenoxy) is 1. The van der Waals surface area contributed by atoms with Gasteiger partial charge in [0, 0.05) is 30.6 Å². The van der Waals surface area contributed by atoms with Crippen molar-refractivity contribution in [2.75, 3.05) is 13.1 Å². The minimum absolute atomic E-state index is 0.0836. The second kappa shape index (κ2) is 8.13. The van der Waals surface area contributed by atoms with Crippen molar-refractivity contribution in [1.29, 1.82) is 0 Å². The number of nitrogens with one attached hydrogen (secondary N) is 1. The van der Waals surface area contributed by atoms with Gasteiger partial charge in [-0.2, -0.15) is 0 Å². The molecule has 0 radical (unpaired) electrons. The zero-order chi connectivity index (χ0) is 19.3. The standard InChI is InChI=1S/C23H22N2O3/c26-22-15-20(16-25(22)12-10-17-6-2-1-3-7-17)24-23(27)19-11-13-28-21-9-5-4-8-18(21)14-19/h1-9,11,13-14,20H,10,12,15-16H2,(H,24,27)/t20-/m0/s1. The van der Waals surface area contributed by atoms with Gasteiger partial charge in [-0.15, -0.1) is 0 Å². The topological polar surface area (TPSA) is 58.6 Å². The Morgan fingerprint density at radius 1 is 1.11 bits per heavy atom. The minimum Gasteiger partial charge on any atom is -0.464 e. The van der Waals surface area contributed by atoms with Crippen molar-refractivity contribution in [3.63, 3.8) is 0 Å². The van der Waals surface area contributed by atoms with Crippen molar-refractivity contribution in [1.82, 2.24) is 10.2 Å². The summed E-state index contributed by atoms with van der Waals surface area (Å²) >= 11 is 0. The van der Waals surface area contributed by atoms with Gasteiger partial charge in [-0.3, -0.25) is 9.59 Å². The lowest BCUT2D eigenvalue weighted by Gasteiger charge is -2.17. The average Bonchev–Trinajstić information content (AvgIpc) is 2.92. The number of likely N-dealkylation sites (tertiary alicyclic amines) is 1. The first-order valence-corrected chi connectivity index (χ1v) is 9.45. The van der Waals surface area contributed by atoms with Gasteiger partial charge in [-0.25, -0.2) is 0 Å². The molecule has 1 N–H and O–H groups in total. The number of fused-ring (bicyclic) bond motifs is 1. The monoisotopic (exact) mass is 374 g/mol. The Bertz CT molecular complexity index is 934. The fraction of sp³-hybridized carbons (Fsp3) is 0.217. The quantitative estimate of drug-likeness (QED) is 0.875. The molecule has 1 fully saturated rings. The molecule has 0 aliphatic carbocycles. The lowest BCUT2D eigenvalue weighted by atomic mass is 10.1. The molecular weight excluding hydrogens is 352 g/mol. The molecule has 5 nitrogen and oxygen atoms in total. The first kappa shape index (κ1) is 18.0. The number of carbonyl (C=O) groups is 2. The smallest absolute Gasteiger partial charge is 0.251 e. The van der Waals surface area contributed by atoms with Crippen LogP contribution in [0.15, 0.2) is 72.5 Å². The van der Waals surface area contributed by atoms with Crippen LogP contribution in [0, 0.1) is 0 Å². The van der Waals surface area contributed by atoms with Crippen LogP contribution in [0.1, 0.15) is 17.5 Å². The number of benzene rings is 2. The summed E-state index contributed by atoms with van der Waals surface area (Å²) in [5.74, 6) is 0.601. The van der Waals surface area contributed by atoms with Gasteiger partial charge in [-0.1, -0.05) is 48.5 Å². The summed E-state index contributed by atoms with van der Waals surface area (Å²) in [5, 5.41) is 2.99. The molecule has 0 saturated carbocycles. The largest absolute Gasteiger partial charge is 0.464 e. The fourth-order valence-electron chi connectivity index (χ4n) is 3.51. The molecular formula is C23H22N2O3. The Kier molecular flexibility index (Phi) is 5.24. The zero-order valence-electron chi connectivity index (χ0n) is 15.5. The molecule has 0 unspecified atom stereocenters. The van der Waals surface area contributed by atoms with Crippen LogP contribution >= 0.6 is 0 Å². The van der Waals surface area contributed by atoms with E-state index in [0.29, 0.717) is 30.8 Å². The van der Waals surface area contributed by atoms with E-state index in [9.17, 15) is 9.59 Å². The molecule has 2 heterocycles. The van der Waals surface area contributed by atoms with Crippen LogP contribution in [-0.2, 0) is 16.0 Å². The third kappa shape index (κ3) is 4.14. The Balaban J connectivity index is 1.36. The van der Waals surface area contributed by atoms with Crippen LogP contribution in [-0.4, -0.2) is 35.8 Å². The molecule has 5 heteroatoms. The van der Waals surface area contributed by atoms with E-state index in [1.165, 1.54) is 11.8 Å². The maximum absolute atomic E-state index is 12.7. The second-order valence-corrected chi connectivity index (χ2v) is 7.01. The van der Waals surface area contributed by atoms with Crippen LogP contribution in [0.5, 0.6) is 5.75 Å². The molecule has 0 bridgehead atoms. The van der Waals surface area contributed by atoms with Gasteiger partial charge in [0.1, 0.15) is 5.75 Å². The van der Waals surface area contributed by atoms with Crippen LogP contribution in [0.3, 0.4) is 0 Å². The van der Waals surface area contributed by atoms with Crippen molar-refractivity contribution < 1.29 is 14.3 Å². The van der Waals surface area contributed by atoms with Crippen molar-refractivity contribution in [2.45, 2.75) is 18.9 Å². The predicted molar refractivity (Wildman–Crippen MR) is 107 cm³/mol. The molecule has 4 rings (SSSR count). The molecule has 0 spiro atoms. The summed E-state index contributed by atoms with van der Waals surface area (Å²) in [6.07, 6.45) is 6.13. The number of rotatable bonds is 5. The molecule has 142 valence electrons. The molecule has 2 aromatic rings. The van der Waals surface area contributed by atoms with Crippen molar-refractivity contribution in [2.24, 2.45) is 0 Å². The third-order valence-electron chi connectivity index (χ3n) is 5.00. The number of hydrogen-bond acceptors (Lipinski definition) is 3. The highest BCUT2D eigenvalue weighted by atomic mass is 16.5. The predicted octanol–water partition coefficient (Wildman–Crippen LogP) is 2.94. The molecule has 0 aromatic heterocycles. The molecule has 2 aromatic carbocycles. The Morgan fingerprint density at radius 3 is 2.75 bits per heavy atom. The number of para-hydroxylation sites is 1. The fourth-order valence-corrected chi connectivity index (χ4v) is 3.51. The molecule has 1 saturated heterocycles. The highest BCUT2D eigenvalue weighted by Gasteiger charge is 2.30. The van der Waals surface area contributed by atoms with E-state index in [-0.39, 0.29) is 17.9 Å². The van der Waals surface area contributed by atoms with Gasteiger partial charge in [0.2, 0.25) is 5.91 Å². The number of nitrogens with zero attached hydrogens (tertiary/aromatic N) is 1. The maximum Gasteiger partial charge on any atom is 0.251 e. The summed E-state index contributed by atoms with van der Waals surface area (Å²) in [7, 11) is 0. The van der Waals surface area contributed by atoms with E-state index in [1.54, 1.807) is 12.2 Å². The summed E-state index contributed by atoms with van der Waals surface area (Å²) in [6, 6.07) is 17.5. The number of carbonyl (C=O) groups excluding carboxylic acids is 2. The van der Waals surface area contributed by atoms with E-state index in [0.717, 1.165) is 12.0 Å². The van der Waals surface area contributed by atoms with Crippen molar-refractivity contribution >= 4 is 17.9 Å². The van der Waals surface area contributed by atoms with E-state index in [2.05, 4.69) is 17.4 Å². The van der Waals surface area contributed by atoms with Gasteiger partial charge in [0.25, 0.3) is 5.91 Å². The molecule has 2 aliphatic rings. The maximum atomic E-state index is 12.7. The lowest BCUT2D eigenvalue weighted by molar-refractivity contribution is -0.127. The molecule has 28 heavy (non-hydrogen) atoms.